The van der Waals surface area contributed by atoms with Gasteiger partial charge in [-0.25, -0.2) is 4.39 Å². The van der Waals surface area contributed by atoms with Crippen molar-refractivity contribution in [3.63, 3.8) is 0 Å². The summed E-state index contributed by atoms with van der Waals surface area (Å²) in [6, 6.07) is 8.13. The normalized spacial score (nSPS) is 19.1. The fraction of sp³-hybridized carbons (Fsp3) is 0.550. The van der Waals surface area contributed by atoms with Crippen LogP contribution in [0.15, 0.2) is 29.8 Å². The Hall–Kier alpha value is -0.676. The predicted octanol–water partition coefficient (Wildman–Crippen LogP) is 3.74. The number of aliphatic hydroxyl groups is 1. The molecule has 2 aliphatic rings. The summed E-state index contributed by atoms with van der Waals surface area (Å²) >= 11 is 0. The van der Waals surface area contributed by atoms with Crippen molar-refractivity contribution in [2.75, 3.05) is 26.2 Å². The van der Waals surface area contributed by atoms with Crippen LogP contribution < -0.4 is 0 Å². The fourth-order valence-electron chi connectivity index (χ4n) is 3.23. The average Bonchev–Trinajstić information content (AvgIpc) is 2.66. The molecule has 5 nitrogen and oxygen atoms in total. The first-order chi connectivity index (χ1) is 12.5. The summed E-state index contributed by atoms with van der Waals surface area (Å²) in [5.41, 5.74) is 2.39. The van der Waals surface area contributed by atoms with Crippen molar-refractivity contribution in [2.24, 2.45) is 5.92 Å². The van der Waals surface area contributed by atoms with Crippen LogP contribution in [0.1, 0.15) is 38.2 Å². The van der Waals surface area contributed by atoms with Gasteiger partial charge < -0.3 is 15.6 Å². The number of halogens is 1. The first-order valence-electron chi connectivity index (χ1n) is 9.14. The monoisotopic (exact) mass is 449 g/mol. The van der Waals surface area contributed by atoms with Gasteiger partial charge in [-0.1, -0.05) is 25.0 Å². The van der Waals surface area contributed by atoms with Gasteiger partial charge in [0.2, 0.25) is 0 Å². The number of aliphatic hydroxyl groups excluding tert-OH is 1. The first-order valence-corrected chi connectivity index (χ1v) is 9.14. The fourth-order valence-corrected chi connectivity index (χ4v) is 3.23. The summed E-state index contributed by atoms with van der Waals surface area (Å²) in [7, 11) is 0. The van der Waals surface area contributed by atoms with Gasteiger partial charge in [0.15, 0.2) is 0 Å². The zero-order valence-electron chi connectivity index (χ0n) is 15.8. The van der Waals surface area contributed by atoms with Crippen molar-refractivity contribution in [3.8, 4) is 6.07 Å². The molecule has 27 heavy (non-hydrogen) atoms. The van der Waals surface area contributed by atoms with Crippen molar-refractivity contribution in [1.82, 2.24) is 5.06 Å². The number of hydroxylamine groups is 2. The molecule has 0 spiro atoms. The van der Waals surface area contributed by atoms with Crippen LogP contribution >= 0.6 is 0 Å². The molecule has 3 rings (SSSR count). The Morgan fingerprint density at radius 2 is 1.78 bits per heavy atom. The van der Waals surface area contributed by atoms with Gasteiger partial charge in [-0.15, -0.1) is 13.1 Å². The molecule has 1 unspecified atom stereocenters. The maximum absolute atomic E-state index is 12.8. The molecule has 2 saturated heterocycles. The quantitative estimate of drug-likeness (QED) is 0.675. The van der Waals surface area contributed by atoms with E-state index in [4.69, 9.17) is 5.11 Å². The van der Waals surface area contributed by atoms with E-state index in [1.54, 1.807) is 12.1 Å². The van der Waals surface area contributed by atoms with Crippen LogP contribution in [0.5, 0.6) is 0 Å². The van der Waals surface area contributed by atoms with Crippen LogP contribution in [-0.2, 0) is 32.7 Å². The largest absolute Gasteiger partial charge is 0.662 e. The summed E-state index contributed by atoms with van der Waals surface area (Å²) in [5.74, 6) is 0.212. The van der Waals surface area contributed by atoms with Gasteiger partial charge in [0.1, 0.15) is 5.82 Å². The molecule has 1 atom stereocenters. The minimum Gasteiger partial charge on any atom is -0.662 e. The topological polar surface area (TPSA) is 81.6 Å². The molecule has 0 aliphatic carbocycles. The van der Waals surface area contributed by atoms with Crippen molar-refractivity contribution >= 4 is 5.57 Å². The third-order valence-electron chi connectivity index (χ3n) is 4.94. The Morgan fingerprint density at radius 3 is 2.22 bits per heavy atom. The molecule has 0 saturated carbocycles. The zero-order valence-corrected chi connectivity index (χ0v) is 18.7. The third kappa shape index (κ3) is 8.07. The molecule has 1 radical (unpaired) electrons. The Morgan fingerprint density at radius 1 is 1.22 bits per heavy atom. The van der Waals surface area contributed by atoms with Gasteiger partial charge in [0, 0.05) is 45.8 Å². The molecule has 2 fully saturated rings. The Labute approximate surface area is 186 Å². The number of piperidine rings is 2. The summed E-state index contributed by atoms with van der Waals surface area (Å²) < 4.78 is 12.8. The number of benzene rings is 1. The van der Waals surface area contributed by atoms with E-state index < -0.39 is 0 Å². The van der Waals surface area contributed by atoms with Crippen molar-refractivity contribution in [1.29, 1.82) is 5.26 Å². The molecule has 1 aromatic rings. The van der Waals surface area contributed by atoms with E-state index in [0.717, 1.165) is 37.1 Å². The number of allylic oxidation sites excluding steroid dienone is 1. The van der Waals surface area contributed by atoms with Gasteiger partial charge in [0.25, 0.3) is 0 Å². The first kappa shape index (κ1) is 24.4. The van der Waals surface area contributed by atoms with Gasteiger partial charge >= 0.3 is 0 Å². The van der Waals surface area contributed by atoms with Crippen LogP contribution in [0.3, 0.4) is 0 Å². The smallest absolute Gasteiger partial charge is 0.123 e. The molecule has 0 aromatic heterocycles. The van der Waals surface area contributed by atoms with Crippen molar-refractivity contribution < 1.29 is 47.4 Å². The van der Waals surface area contributed by atoms with Crippen LogP contribution in [0.4, 0.5) is 4.39 Å². The van der Waals surface area contributed by atoms with Gasteiger partial charge in [-0.3, -0.25) is 0 Å². The predicted molar refractivity (Wildman–Crippen MR) is 99.0 cm³/mol. The van der Waals surface area contributed by atoms with Crippen LogP contribution in [0.25, 0.3) is 10.9 Å². The van der Waals surface area contributed by atoms with E-state index in [-0.39, 0.29) is 44.6 Å². The number of hydrogen-bond donors (Lipinski definition) is 2. The molecule has 0 amide bonds. The van der Waals surface area contributed by atoms with E-state index in [2.05, 4.69) is 11.4 Å². The molecule has 2 N–H and O–H groups in total. The second-order valence-corrected chi connectivity index (χ2v) is 6.80. The number of nitriles is 1. The summed E-state index contributed by atoms with van der Waals surface area (Å²) in [4.78, 5) is 0. The van der Waals surface area contributed by atoms with Gasteiger partial charge in [0.05, 0.1) is 17.7 Å². The molecule has 7 heteroatoms. The van der Waals surface area contributed by atoms with E-state index in [9.17, 15) is 14.9 Å². The molecule has 0 bridgehead atoms. The average molecular weight is 449 g/mol. The summed E-state index contributed by atoms with van der Waals surface area (Å²) in [6.45, 7) is 4.87. The van der Waals surface area contributed by atoms with Gasteiger partial charge in [-0.2, -0.15) is 10.3 Å². The zero-order chi connectivity index (χ0) is 18.9. The van der Waals surface area contributed by atoms with Crippen LogP contribution in [-0.4, -0.2) is 47.7 Å². The maximum atomic E-state index is 12.8. The van der Waals surface area contributed by atoms with Crippen LogP contribution in [0, 0.1) is 23.1 Å². The summed E-state index contributed by atoms with van der Waals surface area (Å²) in [5, 5.41) is 33.0. The molecule has 1 aromatic carbocycles. The number of nitrogens with zero attached hydrogens (tertiary/aromatic N) is 3. The molecular weight excluding hydrogens is 422 g/mol. The second kappa shape index (κ2) is 12.7. The molecular formula is C20H27FN3O2Y-. The van der Waals surface area contributed by atoms with Crippen LogP contribution in [0.2, 0.25) is 0 Å². The van der Waals surface area contributed by atoms with Crippen molar-refractivity contribution in [2.45, 2.75) is 38.7 Å². The molecule has 2 aliphatic heterocycles. The summed E-state index contributed by atoms with van der Waals surface area (Å²) in [6.07, 6.45) is 3.39. The SMILES string of the molecule is CC(O)C1CC[N-]CC1.N#CC(=C1CCN(O)CC1)c1ccc(F)cc1.[Y]. The Kier molecular flexibility index (Phi) is 11.5. The minimum atomic E-state index is -0.304. The Balaban J connectivity index is 0.000000310. The maximum Gasteiger partial charge on any atom is 0.123 e. The minimum absolute atomic E-state index is 0. The third-order valence-corrected chi connectivity index (χ3v) is 4.94. The van der Waals surface area contributed by atoms with Gasteiger partial charge in [-0.05, 0) is 49.0 Å². The molecule has 145 valence electrons. The Bertz CT molecular complexity index is 628. The van der Waals surface area contributed by atoms with Crippen molar-refractivity contribution in [3.05, 3.63) is 46.5 Å². The molecule has 2 heterocycles. The van der Waals surface area contributed by atoms with E-state index >= 15 is 0 Å². The number of rotatable bonds is 2. The van der Waals surface area contributed by atoms with E-state index in [1.165, 1.54) is 17.2 Å². The van der Waals surface area contributed by atoms with E-state index in [0.29, 0.717) is 37.4 Å². The number of hydrogen-bond acceptors (Lipinski definition) is 4. The standard InChI is InChI=1S/C13H13FN2O.C7H14NO.Y/c14-12-3-1-10(2-4-12)13(9-15)11-5-7-16(17)8-6-11;1-6(9)7-2-4-8-5-3-7;/h1-4,17H,5-8H2;6-7,9H,2-5H2,1H3;/q;-1;. The van der Waals surface area contributed by atoms with E-state index in [1.807, 2.05) is 6.92 Å². The second-order valence-electron chi connectivity index (χ2n) is 6.80.